The van der Waals surface area contributed by atoms with E-state index in [1.807, 2.05) is 12.1 Å². The van der Waals surface area contributed by atoms with E-state index >= 15 is 0 Å². The van der Waals surface area contributed by atoms with Gasteiger partial charge in [0.2, 0.25) is 0 Å². The first-order chi connectivity index (χ1) is 6.88. The van der Waals surface area contributed by atoms with Crippen LogP contribution in [-0.2, 0) is 13.2 Å². The Labute approximate surface area is 85.0 Å². The van der Waals surface area contributed by atoms with Crippen LogP contribution in [0.25, 0.3) is 0 Å². The van der Waals surface area contributed by atoms with Crippen molar-refractivity contribution in [2.45, 2.75) is 26.0 Å². The molecule has 0 unspecified atom stereocenters. The molecular weight excluding hydrogens is 174 g/mol. The van der Waals surface area contributed by atoms with Crippen LogP contribution in [-0.4, -0.2) is 11.7 Å². The minimum atomic E-state index is 0.135. The summed E-state index contributed by atoms with van der Waals surface area (Å²) in [6.07, 6.45) is 2.80. The van der Waals surface area contributed by atoms with Crippen molar-refractivity contribution in [2.24, 2.45) is 5.92 Å². The van der Waals surface area contributed by atoms with Crippen LogP contribution in [0.1, 0.15) is 24.0 Å². The van der Waals surface area contributed by atoms with Gasteiger partial charge in [-0.05, 0) is 36.4 Å². The number of aliphatic hydroxyl groups is 1. The van der Waals surface area contributed by atoms with Gasteiger partial charge in [-0.2, -0.15) is 0 Å². The van der Waals surface area contributed by atoms with Crippen molar-refractivity contribution >= 4 is 0 Å². The summed E-state index contributed by atoms with van der Waals surface area (Å²) in [4.78, 5) is 0. The minimum Gasteiger partial charge on any atom is -0.392 e. The number of hydrogen-bond donors (Lipinski definition) is 2. The van der Waals surface area contributed by atoms with E-state index in [4.69, 9.17) is 5.11 Å². The van der Waals surface area contributed by atoms with Gasteiger partial charge >= 0.3 is 0 Å². The van der Waals surface area contributed by atoms with Crippen LogP contribution >= 0.6 is 0 Å². The molecule has 14 heavy (non-hydrogen) atoms. The SMILES string of the molecule is OCc1ccc(CNCC2CC2)cc1. The predicted octanol–water partition coefficient (Wildman–Crippen LogP) is 1.68. The molecule has 1 aliphatic rings. The molecule has 0 spiro atoms. The zero-order valence-electron chi connectivity index (χ0n) is 8.37. The number of nitrogens with one attached hydrogen (secondary N) is 1. The number of aliphatic hydroxyl groups excluding tert-OH is 1. The second kappa shape index (κ2) is 4.58. The lowest BCUT2D eigenvalue weighted by Gasteiger charge is -2.04. The van der Waals surface area contributed by atoms with Gasteiger partial charge in [0.25, 0.3) is 0 Å². The summed E-state index contributed by atoms with van der Waals surface area (Å²) in [6, 6.07) is 8.11. The lowest BCUT2D eigenvalue weighted by atomic mass is 10.1. The van der Waals surface area contributed by atoms with Crippen LogP contribution in [0.2, 0.25) is 0 Å². The Morgan fingerprint density at radius 2 is 1.79 bits per heavy atom. The van der Waals surface area contributed by atoms with Gasteiger partial charge in [-0.25, -0.2) is 0 Å². The molecule has 1 aromatic carbocycles. The van der Waals surface area contributed by atoms with Gasteiger partial charge in [0.15, 0.2) is 0 Å². The molecular formula is C12H17NO. The largest absolute Gasteiger partial charge is 0.392 e. The highest BCUT2D eigenvalue weighted by molar-refractivity contribution is 5.21. The molecule has 0 bridgehead atoms. The molecule has 2 N–H and O–H groups in total. The predicted molar refractivity (Wildman–Crippen MR) is 56.8 cm³/mol. The molecule has 0 heterocycles. The summed E-state index contributed by atoms with van der Waals surface area (Å²) in [5.41, 5.74) is 2.28. The number of benzene rings is 1. The minimum absolute atomic E-state index is 0.135. The first kappa shape index (κ1) is 9.69. The van der Waals surface area contributed by atoms with E-state index in [1.54, 1.807) is 0 Å². The van der Waals surface area contributed by atoms with Gasteiger partial charge < -0.3 is 10.4 Å². The van der Waals surface area contributed by atoms with Crippen molar-refractivity contribution in [3.8, 4) is 0 Å². The third kappa shape index (κ3) is 2.82. The molecule has 1 aromatic rings. The first-order valence-electron chi connectivity index (χ1n) is 5.28. The van der Waals surface area contributed by atoms with Crippen LogP contribution in [0.15, 0.2) is 24.3 Å². The molecule has 1 aliphatic carbocycles. The summed E-state index contributed by atoms with van der Waals surface area (Å²) >= 11 is 0. The van der Waals surface area contributed by atoms with Gasteiger partial charge in [-0.1, -0.05) is 24.3 Å². The van der Waals surface area contributed by atoms with Gasteiger partial charge in [-0.3, -0.25) is 0 Å². The summed E-state index contributed by atoms with van der Waals surface area (Å²) < 4.78 is 0. The second-order valence-corrected chi connectivity index (χ2v) is 4.05. The normalized spacial score (nSPS) is 15.8. The lowest BCUT2D eigenvalue weighted by Crippen LogP contribution is -2.15. The average Bonchev–Trinajstić information content (AvgIpc) is 3.03. The Morgan fingerprint density at radius 3 is 2.36 bits per heavy atom. The Hall–Kier alpha value is -0.860. The maximum Gasteiger partial charge on any atom is 0.0681 e. The van der Waals surface area contributed by atoms with Crippen molar-refractivity contribution in [2.75, 3.05) is 6.54 Å². The van der Waals surface area contributed by atoms with Crippen LogP contribution in [0, 0.1) is 5.92 Å². The van der Waals surface area contributed by atoms with Crippen molar-refractivity contribution in [1.29, 1.82) is 0 Å². The maximum atomic E-state index is 8.87. The zero-order chi connectivity index (χ0) is 9.80. The van der Waals surface area contributed by atoms with Crippen LogP contribution in [0.3, 0.4) is 0 Å². The van der Waals surface area contributed by atoms with E-state index in [0.29, 0.717) is 0 Å². The molecule has 0 atom stereocenters. The van der Waals surface area contributed by atoms with Crippen molar-refractivity contribution in [1.82, 2.24) is 5.32 Å². The molecule has 76 valence electrons. The fourth-order valence-corrected chi connectivity index (χ4v) is 1.51. The van der Waals surface area contributed by atoms with Crippen LogP contribution < -0.4 is 5.32 Å². The topological polar surface area (TPSA) is 32.3 Å². The highest BCUT2D eigenvalue weighted by atomic mass is 16.3. The van der Waals surface area contributed by atoms with Gasteiger partial charge in [0, 0.05) is 6.54 Å². The van der Waals surface area contributed by atoms with Crippen molar-refractivity contribution in [3.05, 3.63) is 35.4 Å². The molecule has 0 amide bonds. The maximum absolute atomic E-state index is 8.87. The van der Waals surface area contributed by atoms with Gasteiger partial charge in [0.1, 0.15) is 0 Å². The molecule has 2 rings (SSSR count). The third-order valence-electron chi connectivity index (χ3n) is 2.66. The van der Waals surface area contributed by atoms with E-state index < -0.39 is 0 Å². The standard InChI is InChI=1S/C12H17NO/c14-9-12-5-3-11(4-6-12)8-13-7-10-1-2-10/h3-6,10,13-14H,1-2,7-9H2. The smallest absolute Gasteiger partial charge is 0.0681 e. The molecule has 0 aromatic heterocycles. The summed E-state index contributed by atoms with van der Waals surface area (Å²) in [7, 11) is 0. The van der Waals surface area contributed by atoms with Crippen LogP contribution in [0.5, 0.6) is 0 Å². The Kier molecular flexibility index (Phi) is 3.17. The summed E-state index contributed by atoms with van der Waals surface area (Å²) in [6.45, 7) is 2.24. The number of rotatable bonds is 5. The van der Waals surface area contributed by atoms with Gasteiger partial charge in [0.05, 0.1) is 6.61 Å². The fraction of sp³-hybridized carbons (Fsp3) is 0.500. The van der Waals surface area contributed by atoms with Crippen molar-refractivity contribution < 1.29 is 5.11 Å². The highest BCUT2D eigenvalue weighted by Gasteiger charge is 2.19. The lowest BCUT2D eigenvalue weighted by molar-refractivity contribution is 0.282. The molecule has 0 aliphatic heterocycles. The Balaban J connectivity index is 1.77. The van der Waals surface area contributed by atoms with E-state index in [0.717, 1.165) is 24.6 Å². The molecule has 0 radical (unpaired) electrons. The Morgan fingerprint density at radius 1 is 1.14 bits per heavy atom. The van der Waals surface area contributed by atoms with Crippen molar-refractivity contribution in [3.63, 3.8) is 0 Å². The molecule has 2 nitrogen and oxygen atoms in total. The zero-order valence-corrected chi connectivity index (χ0v) is 8.37. The first-order valence-corrected chi connectivity index (χ1v) is 5.28. The molecule has 2 heteroatoms. The molecule has 1 fully saturated rings. The second-order valence-electron chi connectivity index (χ2n) is 4.05. The summed E-state index contributed by atoms with van der Waals surface area (Å²) in [5.74, 6) is 0.937. The fourth-order valence-electron chi connectivity index (χ4n) is 1.51. The summed E-state index contributed by atoms with van der Waals surface area (Å²) in [5, 5.41) is 12.3. The van der Waals surface area contributed by atoms with Gasteiger partial charge in [-0.15, -0.1) is 0 Å². The highest BCUT2D eigenvalue weighted by Crippen LogP contribution is 2.27. The third-order valence-corrected chi connectivity index (χ3v) is 2.66. The average molecular weight is 191 g/mol. The van der Waals surface area contributed by atoms with E-state index in [2.05, 4.69) is 17.4 Å². The quantitative estimate of drug-likeness (QED) is 0.742. The molecule has 0 saturated heterocycles. The van der Waals surface area contributed by atoms with E-state index in [1.165, 1.54) is 18.4 Å². The Bertz CT molecular complexity index is 277. The van der Waals surface area contributed by atoms with E-state index in [9.17, 15) is 0 Å². The van der Waals surface area contributed by atoms with Crippen LogP contribution in [0.4, 0.5) is 0 Å². The monoisotopic (exact) mass is 191 g/mol. The van der Waals surface area contributed by atoms with E-state index in [-0.39, 0.29) is 6.61 Å². The number of hydrogen-bond acceptors (Lipinski definition) is 2. The molecule has 1 saturated carbocycles.